The van der Waals surface area contributed by atoms with Crippen molar-refractivity contribution >= 4 is 0 Å². The molecule has 78 valence electrons. The minimum Gasteiger partial charge on any atom is -0.238 e. The number of aromatic nitrogens is 2. The van der Waals surface area contributed by atoms with E-state index in [-0.39, 0.29) is 0 Å². The highest BCUT2D eigenvalue weighted by Crippen LogP contribution is 2.20. The summed E-state index contributed by atoms with van der Waals surface area (Å²) in [6.07, 6.45) is 3.01. The first-order valence-electron chi connectivity index (χ1n) is 5.42. The Bertz CT molecular complexity index is 417. The molecule has 0 N–H and O–H groups in total. The van der Waals surface area contributed by atoms with Crippen molar-refractivity contribution in [3.05, 3.63) is 48.3 Å². The molecule has 0 radical (unpaired) electrons. The summed E-state index contributed by atoms with van der Waals surface area (Å²) in [5, 5.41) is 4.37. The highest BCUT2D eigenvalue weighted by molar-refractivity contribution is 5.33. The van der Waals surface area contributed by atoms with Crippen LogP contribution in [0.4, 0.5) is 0 Å². The van der Waals surface area contributed by atoms with E-state index in [9.17, 15) is 0 Å². The molecule has 0 spiro atoms. The van der Waals surface area contributed by atoms with Gasteiger partial charge in [-0.3, -0.25) is 0 Å². The average molecular weight is 200 g/mol. The normalized spacial score (nSPS) is 12.7. The van der Waals surface area contributed by atoms with Gasteiger partial charge >= 0.3 is 0 Å². The standard InChI is InChI=1S/C13H16N2/c1-3-11(2)13-9-10-14-15(13)12-7-5-4-6-8-12/h4-11H,3H2,1-2H3. The van der Waals surface area contributed by atoms with Crippen LogP contribution >= 0.6 is 0 Å². The smallest absolute Gasteiger partial charge is 0.0648 e. The van der Waals surface area contributed by atoms with Crippen LogP contribution in [0, 0.1) is 0 Å². The summed E-state index contributed by atoms with van der Waals surface area (Å²) in [6.45, 7) is 4.43. The maximum atomic E-state index is 4.37. The zero-order valence-corrected chi connectivity index (χ0v) is 9.22. The van der Waals surface area contributed by atoms with Crippen molar-refractivity contribution in [3.63, 3.8) is 0 Å². The Kier molecular flexibility index (Phi) is 2.86. The second kappa shape index (κ2) is 4.30. The summed E-state index contributed by atoms with van der Waals surface area (Å²) in [7, 11) is 0. The molecule has 0 fully saturated rings. The second-order valence-corrected chi connectivity index (χ2v) is 3.81. The maximum absolute atomic E-state index is 4.37. The van der Waals surface area contributed by atoms with Crippen LogP contribution < -0.4 is 0 Å². The monoisotopic (exact) mass is 200 g/mol. The Labute approximate surface area is 90.6 Å². The molecule has 0 aliphatic rings. The molecule has 1 aromatic carbocycles. The van der Waals surface area contributed by atoms with Gasteiger partial charge in [0.2, 0.25) is 0 Å². The van der Waals surface area contributed by atoms with Crippen LogP contribution in [0.2, 0.25) is 0 Å². The lowest BCUT2D eigenvalue weighted by Crippen LogP contribution is -2.04. The molecule has 0 saturated heterocycles. The maximum Gasteiger partial charge on any atom is 0.0648 e. The molecular formula is C13H16N2. The fourth-order valence-electron chi connectivity index (χ4n) is 1.68. The van der Waals surface area contributed by atoms with Crippen LogP contribution in [0.25, 0.3) is 5.69 Å². The lowest BCUT2D eigenvalue weighted by molar-refractivity contribution is 0.664. The van der Waals surface area contributed by atoms with Crippen LogP contribution in [-0.4, -0.2) is 9.78 Å². The fourth-order valence-corrected chi connectivity index (χ4v) is 1.68. The van der Waals surface area contributed by atoms with Crippen LogP contribution in [0.1, 0.15) is 31.9 Å². The minimum atomic E-state index is 0.549. The van der Waals surface area contributed by atoms with Crippen LogP contribution in [0.3, 0.4) is 0 Å². The molecule has 2 heteroatoms. The molecule has 2 aromatic rings. The van der Waals surface area contributed by atoms with Gasteiger partial charge < -0.3 is 0 Å². The van der Waals surface area contributed by atoms with Crippen LogP contribution in [0.15, 0.2) is 42.6 Å². The van der Waals surface area contributed by atoms with Gasteiger partial charge in [-0.2, -0.15) is 5.10 Å². The molecule has 0 saturated carbocycles. The first-order chi connectivity index (χ1) is 7.33. The molecule has 1 aromatic heterocycles. The molecule has 2 rings (SSSR count). The predicted molar refractivity (Wildman–Crippen MR) is 62.3 cm³/mol. The second-order valence-electron chi connectivity index (χ2n) is 3.81. The SMILES string of the molecule is CCC(C)c1ccnn1-c1ccccc1. The third-order valence-electron chi connectivity index (χ3n) is 2.79. The number of benzene rings is 1. The van der Waals surface area contributed by atoms with E-state index in [4.69, 9.17) is 0 Å². The largest absolute Gasteiger partial charge is 0.238 e. The quantitative estimate of drug-likeness (QED) is 0.742. The molecule has 0 bridgehead atoms. The summed E-state index contributed by atoms with van der Waals surface area (Å²) < 4.78 is 2.02. The van der Waals surface area contributed by atoms with E-state index in [1.807, 2.05) is 29.1 Å². The van der Waals surface area contributed by atoms with Gasteiger partial charge in [0.15, 0.2) is 0 Å². The molecule has 0 aliphatic carbocycles. The number of hydrogen-bond donors (Lipinski definition) is 0. The Morgan fingerprint density at radius 1 is 1.20 bits per heavy atom. The molecule has 1 heterocycles. The van der Waals surface area contributed by atoms with Crippen molar-refractivity contribution in [1.82, 2.24) is 9.78 Å². The lowest BCUT2D eigenvalue weighted by Gasteiger charge is -2.11. The van der Waals surface area contributed by atoms with Crippen LogP contribution in [0.5, 0.6) is 0 Å². The van der Waals surface area contributed by atoms with Crippen molar-refractivity contribution < 1.29 is 0 Å². The molecule has 1 atom stereocenters. The van der Waals surface area contributed by atoms with Gasteiger partial charge in [-0.15, -0.1) is 0 Å². The number of nitrogens with zero attached hydrogens (tertiary/aromatic N) is 2. The van der Waals surface area contributed by atoms with Gasteiger partial charge in [0.1, 0.15) is 0 Å². The molecular weight excluding hydrogens is 184 g/mol. The highest BCUT2D eigenvalue weighted by Gasteiger charge is 2.09. The third-order valence-corrected chi connectivity index (χ3v) is 2.79. The zero-order chi connectivity index (χ0) is 10.7. The van der Waals surface area contributed by atoms with Crippen molar-refractivity contribution in [2.75, 3.05) is 0 Å². The van der Waals surface area contributed by atoms with E-state index in [0.29, 0.717) is 5.92 Å². The van der Waals surface area contributed by atoms with E-state index < -0.39 is 0 Å². The van der Waals surface area contributed by atoms with Crippen molar-refractivity contribution in [2.24, 2.45) is 0 Å². The molecule has 1 unspecified atom stereocenters. The summed E-state index contributed by atoms with van der Waals surface area (Å²) in [6, 6.07) is 12.4. The number of rotatable bonds is 3. The summed E-state index contributed by atoms with van der Waals surface area (Å²) in [5.41, 5.74) is 2.42. The van der Waals surface area contributed by atoms with E-state index >= 15 is 0 Å². The minimum absolute atomic E-state index is 0.549. The first-order valence-corrected chi connectivity index (χ1v) is 5.42. The van der Waals surface area contributed by atoms with Crippen molar-refractivity contribution in [3.8, 4) is 5.69 Å². The Hall–Kier alpha value is -1.57. The topological polar surface area (TPSA) is 17.8 Å². The lowest BCUT2D eigenvalue weighted by atomic mass is 10.1. The number of hydrogen-bond acceptors (Lipinski definition) is 1. The van der Waals surface area contributed by atoms with E-state index in [0.717, 1.165) is 12.1 Å². The molecule has 15 heavy (non-hydrogen) atoms. The van der Waals surface area contributed by atoms with Gasteiger partial charge in [0, 0.05) is 11.9 Å². The van der Waals surface area contributed by atoms with E-state index in [1.54, 1.807) is 0 Å². The Balaban J connectivity index is 2.41. The van der Waals surface area contributed by atoms with Gasteiger partial charge in [-0.25, -0.2) is 4.68 Å². The van der Waals surface area contributed by atoms with Gasteiger partial charge in [0.25, 0.3) is 0 Å². The summed E-state index contributed by atoms with van der Waals surface area (Å²) in [4.78, 5) is 0. The first kappa shape index (κ1) is 9.97. The van der Waals surface area contributed by atoms with Crippen molar-refractivity contribution in [1.29, 1.82) is 0 Å². The van der Waals surface area contributed by atoms with Crippen LogP contribution in [-0.2, 0) is 0 Å². The Morgan fingerprint density at radius 3 is 2.60 bits per heavy atom. The molecule has 2 nitrogen and oxygen atoms in total. The molecule has 0 amide bonds. The highest BCUT2D eigenvalue weighted by atomic mass is 15.3. The van der Waals surface area contributed by atoms with E-state index in [2.05, 4.69) is 37.1 Å². The van der Waals surface area contributed by atoms with Gasteiger partial charge in [-0.1, -0.05) is 32.0 Å². The summed E-state index contributed by atoms with van der Waals surface area (Å²) >= 11 is 0. The van der Waals surface area contributed by atoms with E-state index in [1.165, 1.54) is 5.69 Å². The number of para-hydroxylation sites is 1. The average Bonchev–Trinajstić information content (AvgIpc) is 2.78. The zero-order valence-electron chi connectivity index (χ0n) is 9.22. The molecule has 0 aliphatic heterocycles. The van der Waals surface area contributed by atoms with Gasteiger partial charge in [0.05, 0.1) is 5.69 Å². The van der Waals surface area contributed by atoms with Gasteiger partial charge in [-0.05, 0) is 30.5 Å². The van der Waals surface area contributed by atoms with Crippen molar-refractivity contribution in [2.45, 2.75) is 26.2 Å². The fraction of sp³-hybridized carbons (Fsp3) is 0.308. The predicted octanol–water partition coefficient (Wildman–Crippen LogP) is 3.39. The third kappa shape index (κ3) is 1.94. The Morgan fingerprint density at radius 2 is 1.93 bits per heavy atom. The summed E-state index contributed by atoms with van der Waals surface area (Å²) in [5.74, 6) is 0.549.